The van der Waals surface area contributed by atoms with E-state index in [1.54, 1.807) is 12.1 Å². The number of pyridine rings is 1. The lowest BCUT2D eigenvalue weighted by Gasteiger charge is -2.03. The Labute approximate surface area is 92.1 Å². The Bertz CT molecular complexity index is 305. The zero-order valence-electron chi connectivity index (χ0n) is 7.74. The summed E-state index contributed by atoms with van der Waals surface area (Å²) in [5, 5.41) is 1.00. The van der Waals surface area contributed by atoms with Gasteiger partial charge in [0, 0.05) is 11.5 Å². The molecule has 0 fully saturated rings. The number of hydrogen-bond donors (Lipinski definition) is 0. The van der Waals surface area contributed by atoms with E-state index in [4.69, 9.17) is 11.3 Å². The van der Waals surface area contributed by atoms with Crippen LogP contribution in [0.5, 0.6) is 5.88 Å². The van der Waals surface area contributed by atoms with Gasteiger partial charge in [-0.3, -0.25) is 0 Å². The maximum Gasteiger partial charge on any atom is 0.210 e. The highest BCUT2D eigenvalue weighted by atomic mass is 79.9. The molecular weight excluding hydrogens is 244 g/mol. The molecule has 0 amide bonds. The second kappa shape index (κ2) is 6.39. The minimum Gasteiger partial charge on any atom is -0.478 e. The van der Waals surface area contributed by atoms with Crippen LogP contribution in [0.1, 0.15) is 12.8 Å². The first-order chi connectivity index (χ1) is 6.86. The molecule has 1 aromatic heterocycles. The molecule has 0 bridgehead atoms. The summed E-state index contributed by atoms with van der Waals surface area (Å²) < 4.78 is 5.37. The number of unbranched alkanes of at least 4 members (excludes halogenated alkanes) is 1. The highest BCUT2D eigenvalue weighted by Crippen LogP contribution is 2.14. The van der Waals surface area contributed by atoms with Gasteiger partial charge in [-0.25, -0.2) is 9.83 Å². The van der Waals surface area contributed by atoms with Gasteiger partial charge in [-0.15, -0.1) is 0 Å². The molecule has 0 N–H and O–H groups in total. The summed E-state index contributed by atoms with van der Waals surface area (Å²) in [6.45, 7) is 7.42. The monoisotopic (exact) mass is 254 g/mol. The van der Waals surface area contributed by atoms with Crippen LogP contribution in [0, 0.1) is 6.57 Å². The van der Waals surface area contributed by atoms with Gasteiger partial charge in [0.2, 0.25) is 11.6 Å². The van der Waals surface area contributed by atoms with Gasteiger partial charge in [0.15, 0.2) is 0 Å². The van der Waals surface area contributed by atoms with Gasteiger partial charge in [0.25, 0.3) is 0 Å². The van der Waals surface area contributed by atoms with Crippen LogP contribution in [0.3, 0.4) is 0 Å². The number of alkyl halides is 1. The van der Waals surface area contributed by atoms with Gasteiger partial charge in [0.1, 0.15) is 0 Å². The summed E-state index contributed by atoms with van der Waals surface area (Å²) in [5.74, 6) is 0.590. The molecule has 0 aliphatic heterocycles. The van der Waals surface area contributed by atoms with Crippen LogP contribution in [-0.2, 0) is 0 Å². The number of ether oxygens (including phenoxy) is 1. The molecule has 1 rings (SSSR count). The lowest BCUT2D eigenvalue weighted by atomic mass is 10.4. The van der Waals surface area contributed by atoms with Crippen molar-refractivity contribution in [1.29, 1.82) is 0 Å². The summed E-state index contributed by atoms with van der Waals surface area (Å²) in [7, 11) is 0. The SMILES string of the molecule is [C-]#[N+]c1ccc(OCCCCBr)nc1. The molecule has 3 nitrogen and oxygen atoms in total. The molecule has 0 unspecified atom stereocenters. The molecule has 0 radical (unpaired) electrons. The Morgan fingerprint density at radius 1 is 1.43 bits per heavy atom. The fraction of sp³-hybridized carbons (Fsp3) is 0.400. The molecule has 0 aliphatic carbocycles. The van der Waals surface area contributed by atoms with Gasteiger partial charge < -0.3 is 4.74 Å². The van der Waals surface area contributed by atoms with Crippen LogP contribution in [0.2, 0.25) is 0 Å². The Morgan fingerprint density at radius 3 is 2.86 bits per heavy atom. The highest BCUT2D eigenvalue weighted by Gasteiger charge is 1.95. The molecule has 0 aromatic carbocycles. The summed E-state index contributed by atoms with van der Waals surface area (Å²) in [6.07, 6.45) is 3.63. The van der Waals surface area contributed by atoms with Crippen molar-refractivity contribution in [1.82, 2.24) is 4.98 Å². The lowest BCUT2D eigenvalue weighted by molar-refractivity contribution is 0.298. The molecule has 4 heteroatoms. The Hall–Kier alpha value is -1.08. The Kier molecular flexibility index (Phi) is 5.02. The van der Waals surface area contributed by atoms with Crippen LogP contribution in [-0.4, -0.2) is 16.9 Å². The molecule has 0 atom stereocenters. The summed E-state index contributed by atoms with van der Waals surface area (Å²) >= 11 is 3.35. The maximum atomic E-state index is 6.75. The number of aromatic nitrogens is 1. The molecule has 0 saturated carbocycles. The number of hydrogen-bond acceptors (Lipinski definition) is 2. The molecule has 1 heterocycles. The van der Waals surface area contributed by atoms with E-state index in [2.05, 4.69) is 25.8 Å². The predicted molar refractivity (Wildman–Crippen MR) is 59.0 cm³/mol. The maximum absolute atomic E-state index is 6.75. The Balaban J connectivity index is 2.33. The van der Waals surface area contributed by atoms with Gasteiger partial charge in [0.05, 0.1) is 13.2 Å². The van der Waals surface area contributed by atoms with Crippen molar-refractivity contribution in [3.63, 3.8) is 0 Å². The van der Waals surface area contributed by atoms with Crippen molar-refractivity contribution >= 4 is 21.6 Å². The van der Waals surface area contributed by atoms with Crippen LogP contribution in [0.25, 0.3) is 4.85 Å². The van der Waals surface area contributed by atoms with Gasteiger partial charge in [-0.1, -0.05) is 15.9 Å². The van der Waals surface area contributed by atoms with E-state index in [0.29, 0.717) is 18.2 Å². The first-order valence-electron chi connectivity index (χ1n) is 4.39. The molecule has 14 heavy (non-hydrogen) atoms. The third-order valence-electron chi connectivity index (χ3n) is 1.63. The fourth-order valence-corrected chi connectivity index (χ4v) is 1.29. The number of rotatable bonds is 5. The van der Waals surface area contributed by atoms with Crippen molar-refractivity contribution in [2.45, 2.75) is 12.8 Å². The van der Waals surface area contributed by atoms with Crippen molar-refractivity contribution in [2.24, 2.45) is 0 Å². The second-order valence-corrected chi connectivity index (χ2v) is 3.50. The third-order valence-corrected chi connectivity index (χ3v) is 2.19. The quantitative estimate of drug-likeness (QED) is 0.459. The average Bonchev–Trinajstić information content (AvgIpc) is 2.25. The molecule has 74 valence electrons. The van der Waals surface area contributed by atoms with Gasteiger partial charge >= 0.3 is 0 Å². The minimum absolute atomic E-state index is 0.540. The molecule has 0 aliphatic rings. The van der Waals surface area contributed by atoms with E-state index in [9.17, 15) is 0 Å². The van der Waals surface area contributed by atoms with E-state index in [-0.39, 0.29) is 0 Å². The third kappa shape index (κ3) is 3.75. The predicted octanol–water partition coefficient (Wildman–Crippen LogP) is 3.19. The van der Waals surface area contributed by atoms with Crippen LogP contribution in [0.15, 0.2) is 18.3 Å². The fourth-order valence-electron chi connectivity index (χ4n) is 0.897. The summed E-state index contributed by atoms with van der Waals surface area (Å²) in [5.41, 5.74) is 0.540. The topological polar surface area (TPSA) is 26.5 Å². The van der Waals surface area contributed by atoms with Crippen LogP contribution in [0.4, 0.5) is 5.69 Å². The smallest absolute Gasteiger partial charge is 0.210 e. The second-order valence-electron chi connectivity index (χ2n) is 2.71. The normalized spacial score (nSPS) is 9.43. The summed E-state index contributed by atoms with van der Waals surface area (Å²) in [6, 6.07) is 3.43. The standard InChI is InChI=1S/C10H11BrN2O/c1-12-9-4-5-10(13-8-9)14-7-3-2-6-11/h4-5,8H,2-3,6-7H2. The van der Waals surface area contributed by atoms with E-state index in [1.807, 2.05) is 0 Å². The number of halogens is 1. The van der Waals surface area contributed by atoms with Crippen LogP contribution < -0.4 is 4.74 Å². The average molecular weight is 255 g/mol. The zero-order valence-corrected chi connectivity index (χ0v) is 9.33. The molecule has 0 spiro atoms. The van der Waals surface area contributed by atoms with Crippen molar-refractivity contribution in [3.05, 3.63) is 29.7 Å². The van der Waals surface area contributed by atoms with Crippen molar-refractivity contribution in [2.75, 3.05) is 11.9 Å². The van der Waals surface area contributed by atoms with Crippen molar-refractivity contribution < 1.29 is 4.74 Å². The lowest BCUT2D eigenvalue weighted by Crippen LogP contribution is -1.98. The molecule has 0 saturated heterocycles. The number of nitrogens with zero attached hydrogens (tertiary/aromatic N) is 2. The van der Waals surface area contributed by atoms with Crippen molar-refractivity contribution in [3.8, 4) is 5.88 Å². The van der Waals surface area contributed by atoms with E-state index < -0.39 is 0 Å². The van der Waals surface area contributed by atoms with Gasteiger partial charge in [-0.2, -0.15) is 0 Å². The first-order valence-corrected chi connectivity index (χ1v) is 5.51. The Morgan fingerprint density at radius 2 is 2.29 bits per heavy atom. The van der Waals surface area contributed by atoms with E-state index >= 15 is 0 Å². The largest absolute Gasteiger partial charge is 0.478 e. The van der Waals surface area contributed by atoms with Gasteiger partial charge in [-0.05, 0) is 25.0 Å². The first kappa shape index (κ1) is 11.0. The van der Waals surface area contributed by atoms with E-state index in [0.717, 1.165) is 18.2 Å². The van der Waals surface area contributed by atoms with E-state index in [1.165, 1.54) is 6.20 Å². The zero-order chi connectivity index (χ0) is 10.2. The summed E-state index contributed by atoms with van der Waals surface area (Å²) in [4.78, 5) is 7.25. The van der Waals surface area contributed by atoms with Crippen LogP contribution >= 0.6 is 15.9 Å². The minimum atomic E-state index is 0.540. The molecular formula is C10H11BrN2O. The molecule has 1 aromatic rings. The highest BCUT2D eigenvalue weighted by molar-refractivity contribution is 9.09.